The minimum absolute atomic E-state index is 0.118. The summed E-state index contributed by atoms with van der Waals surface area (Å²) in [7, 11) is 0. The highest BCUT2D eigenvalue weighted by atomic mass is 16.3. The summed E-state index contributed by atoms with van der Waals surface area (Å²) in [6.07, 6.45) is 1.87. The zero-order valence-corrected chi connectivity index (χ0v) is 26.2. The molecule has 0 atom stereocenters. The van der Waals surface area contributed by atoms with Crippen LogP contribution in [0.3, 0.4) is 0 Å². The SMILES string of the molecule is CC(C)(C)c1cc(-c2cccc(C3(c4ccccn4)c4ccccc4-c4ccccc43)n2)cc(-c2cc3ccccc3cc2O)c1. The number of hydrogen-bond donors (Lipinski definition) is 1. The van der Waals surface area contributed by atoms with Gasteiger partial charge in [-0.3, -0.25) is 9.97 Å². The van der Waals surface area contributed by atoms with Crippen LogP contribution in [0.4, 0.5) is 0 Å². The van der Waals surface area contributed by atoms with Gasteiger partial charge in [-0.05, 0) is 98.1 Å². The van der Waals surface area contributed by atoms with Gasteiger partial charge >= 0.3 is 0 Å². The molecule has 0 bridgehead atoms. The Morgan fingerprint density at radius 2 is 1.15 bits per heavy atom. The number of nitrogens with zero attached hydrogens (tertiary/aromatic N) is 2. The van der Waals surface area contributed by atoms with E-state index in [1.165, 1.54) is 27.8 Å². The fraction of sp³-hybridized carbons (Fsp3) is 0.116. The quantitative estimate of drug-likeness (QED) is 0.220. The van der Waals surface area contributed by atoms with Gasteiger partial charge in [-0.1, -0.05) is 112 Å². The highest BCUT2D eigenvalue weighted by Gasteiger charge is 2.48. The predicted molar refractivity (Wildman–Crippen MR) is 188 cm³/mol. The smallest absolute Gasteiger partial charge is 0.124 e. The molecular weight excluding hydrogens is 560 g/mol. The van der Waals surface area contributed by atoms with Crippen molar-refractivity contribution in [1.82, 2.24) is 9.97 Å². The minimum Gasteiger partial charge on any atom is -0.507 e. The summed E-state index contributed by atoms with van der Waals surface area (Å²) in [5.41, 5.74) is 10.7. The summed E-state index contributed by atoms with van der Waals surface area (Å²) in [6, 6.07) is 48.5. The number of fused-ring (bicyclic) bond motifs is 4. The van der Waals surface area contributed by atoms with E-state index in [1.807, 2.05) is 36.5 Å². The van der Waals surface area contributed by atoms with Crippen molar-refractivity contribution >= 4 is 10.8 Å². The second-order valence-corrected chi connectivity index (χ2v) is 13.2. The monoisotopic (exact) mass is 594 g/mol. The molecule has 0 fully saturated rings. The van der Waals surface area contributed by atoms with Crippen molar-refractivity contribution < 1.29 is 5.11 Å². The summed E-state index contributed by atoms with van der Waals surface area (Å²) in [6.45, 7) is 6.67. The Hall–Kier alpha value is -5.54. The average Bonchev–Trinajstić information content (AvgIpc) is 3.39. The number of aromatic nitrogens is 2. The molecule has 1 N–H and O–H groups in total. The molecule has 1 aliphatic rings. The maximum absolute atomic E-state index is 11.2. The van der Waals surface area contributed by atoms with Gasteiger partial charge in [-0.15, -0.1) is 0 Å². The third-order valence-corrected chi connectivity index (χ3v) is 9.40. The van der Waals surface area contributed by atoms with Crippen LogP contribution in [0.5, 0.6) is 5.75 Å². The number of benzene rings is 5. The van der Waals surface area contributed by atoms with Crippen LogP contribution in [0.2, 0.25) is 0 Å². The number of rotatable bonds is 4. The van der Waals surface area contributed by atoms with Gasteiger partial charge in [0, 0.05) is 17.3 Å². The molecule has 222 valence electrons. The number of phenols is 1. The molecule has 1 aliphatic carbocycles. The van der Waals surface area contributed by atoms with Gasteiger partial charge in [0.2, 0.25) is 0 Å². The maximum atomic E-state index is 11.2. The minimum atomic E-state index is -0.675. The second-order valence-electron chi connectivity index (χ2n) is 13.2. The van der Waals surface area contributed by atoms with Crippen LogP contribution >= 0.6 is 0 Å². The van der Waals surface area contributed by atoms with Crippen LogP contribution in [-0.2, 0) is 10.8 Å². The molecule has 46 heavy (non-hydrogen) atoms. The van der Waals surface area contributed by atoms with E-state index >= 15 is 0 Å². The Labute approximate surface area is 269 Å². The van der Waals surface area contributed by atoms with Gasteiger partial charge in [0.15, 0.2) is 0 Å². The normalized spacial score (nSPS) is 13.4. The molecule has 3 heteroatoms. The maximum Gasteiger partial charge on any atom is 0.124 e. The lowest BCUT2D eigenvalue weighted by molar-refractivity contribution is 0.478. The van der Waals surface area contributed by atoms with Gasteiger partial charge in [0.25, 0.3) is 0 Å². The first-order chi connectivity index (χ1) is 22.3. The van der Waals surface area contributed by atoms with E-state index in [9.17, 15) is 5.11 Å². The Morgan fingerprint density at radius 1 is 0.543 bits per heavy atom. The van der Waals surface area contributed by atoms with Crippen molar-refractivity contribution in [2.75, 3.05) is 0 Å². The number of aromatic hydroxyl groups is 1. The summed E-state index contributed by atoms with van der Waals surface area (Å²) in [5.74, 6) is 0.269. The molecule has 2 heterocycles. The van der Waals surface area contributed by atoms with Crippen molar-refractivity contribution in [2.45, 2.75) is 31.6 Å². The first-order valence-corrected chi connectivity index (χ1v) is 15.8. The Morgan fingerprint density at radius 3 is 1.83 bits per heavy atom. The highest BCUT2D eigenvalue weighted by molar-refractivity contribution is 5.91. The van der Waals surface area contributed by atoms with Crippen LogP contribution < -0.4 is 0 Å². The third-order valence-electron chi connectivity index (χ3n) is 9.40. The first kappa shape index (κ1) is 28.0. The van der Waals surface area contributed by atoms with Gasteiger partial charge in [0.05, 0.1) is 17.1 Å². The van der Waals surface area contributed by atoms with E-state index in [1.54, 1.807) is 0 Å². The fourth-order valence-corrected chi connectivity index (χ4v) is 7.13. The molecule has 0 aliphatic heterocycles. The fourth-order valence-electron chi connectivity index (χ4n) is 7.13. The molecule has 0 unspecified atom stereocenters. The molecule has 7 aromatic rings. The van der Waals surface area contributed by atoms with Crippen molar-refractivity contribution in [3.05, 3.63) is 174 Å². The van der Waals surface area contributed by atoms with Crippen LogP contribution in [-0.4, -0.2) is 15.1 Å². The second kappa shape index (κ2) is 10.5. The van der Waals surface area contributed by atoms with Crippen LogP contribution in [0.15, 0.2) is 146 Å². The van der Waals surface area contributed by atoms with Crippen molar-refractivity contribution in [3.8, 4) is 39.3 Å². The number of hydrogen-bond acceptors (Lipinski definition) is 3. The molecule has 0 radical (unpaired) electrons. The van der Waals surface area contributed by atoms with E-state index in [-0.39, 0.29) is 11.2 Å². The molecule has 5 aromatic carbocycles. The average molecular weight is 595 g/mol. The van der Waals surface area contributed by atoms with E-state index in [0.717, 1.165) is 44.5 Å². The summed E-state index contributed by atoms with van der Waals surface area (Å²) < 4.78 is 0. The molecule has 8 rings (SSSR count). The van der Waals surface area contributed by atoms with Crippen LogP contribution in [0, 0.1) is 0 Å². The molecule has 2 aromatic heterocycles. The molecular formula is C43H34N2O. The molecule has 3 nitrogen and oxygen atoms in total. The lowest BCUT2D eigenvalue weighted by atomic mass is 9.72. The first-order valence-electron chi connectivity index (χ1n) is 15.8. The Kier molecular flexibility index (Phi) is 6.40. The number of pyridine rings is 2. The highest BCUT2D eigenvalue weighted by Crippen LogP contribution is 2.55. The lowest BCUT2D eigenvalue weighted by Crippen LogP contribution is -2.31. The van der Waals surface area contributed by atoms with Gasteiger partial charge in [-0.25, -0.2) is 0 Å². The molecule has 0 spiro atoms. The van der Waals surface area contributed by atoms with E-state index in [0.29, 0.717) is 0 Å². The van der Waals surface area contributed by atoms with Crippen molar-refractivity contribution in [3.63, 3.8) is 0 Å². The number of phenolic OH excluding ortho intramolecular Hbond substituents is 1. The zero-order chi connectivity index (χ0) is 31.5. The summed E-state index contributed by atoms with van der Waals surface area (Å²) in [4.78, 5) is 10.5. The topological polar surface area (TPSA) is 46.0 Å². The zero-order valence-electron chi connectivity index (χ0n) is 26.2. The molecule has 0 saturated heterocycles. The predicted octanol–water partition coefficient (Wildman–Crippen LogP) is 10.3. The van der Waals surface area contributed by atoms with E-state index in [4.69, 9.17) is 9.97 Å². The largest absolute Gasteiger partial charge is 0.507 e. The third kappa shape index (κ3) is 4.34. The molecule has 0 saturated carbocycles. The van der Waals surface area contributed by atoms with Gasteiger partial charge in [0.1, 0.15) is 11.2 Å². The van der Waals surface area contributed by atoms with Crippen molar-refractivity contribution in [2.24, 2.45) is 0 Å². The van der Waals surface area contributed by atoms with Gasteiger partial charge < -0.3 is 5.11 Å². The van der Waals surface area contributed by atoms with Crippen molar-refractivity contribution in [1.29, 1.82) is 0 Å². The standard InChI is InChI=1S/C43H34N2O/c1-42(2,3)32-24-30(35-26-28-13-4-5-14-29(28)27-39(35)46)23-31(25-32)38-19-12-21-41(45-38)43(40-20-10-11-22-44-40)36-17-8-6-15-33(36)34-16-7-9-18-37(34)43/h4-27,46H,1-3H3. The van der Waals surface area contributed by atoms with E-state index in [2.05, 4.69) is 130 Å². The Balaban J connectivity index is 1.37. The molecule has 0 amide bonds. The summed E-state index contributed by atoms with van der Waals surface area (Å²) in [5, 5.41) is 13.3. The summed E-state index contributed by atoms with van der Waals surface area (Å²) >= 11 is 0. The lowest BCUT2D eigenvalue weighted by Gasteiger charge is -2.31. The van der Waals surface area contributed by atoms with Crippen LogP contribution in [0.1, 0.15) is 48.8 Å². The van der Waals surface area contributed by atoms with Crippen LogP contribution in [0.25, 0.3) is 44.3 Å². The van der Waals surface area contributed by atoms with E-state index < -0.39 is 5.41 Å². The van der Waals surface area contributed by atoms with Gasteiger partial charge in [-0.2, -0.15) is 0 Å². The Bertz CT molecular complexity index is 2220.